The van der Waals surface area contributed by atoms with Crippen molar-refractivity contribution >= 4 is 70.2 Å². The standard InChI is InChI=1S/C23H25F3N6O.C19H28N4O2.C17H24N4O2/c1-14-13-27-20(32-22(2,3)4)31-19(14)28-17-9-6-10-18(12-17)30-21(33)29-16-8-5-7-15(11-16)23(24,25)26;1-7-25-17(24)14-9-8-10-15(13(14)3)21-16-12(2)11-20-18(22-16)23-19(4,5)6;1-11-10-18-16(21-17(2,3)4)20-15(11)19-12-7-13(22-5)9-14(8-12)23-6/h5-13H,1-4H3,(H2,29,30,33)(H2,27,28,31,32);8-11,18,21-23H,7H2,1-6H3;7-10H,1-6H3,(H2,18,19,20,21). The highest BCUT2D eigenvalue weighted by Crippen LogP contribution is 2.32. The first kappa shape index (κ1) is 63.2. The Balaban J connectivity index is 0.000000228. The highest BCUT2D eigenvalue weighted by Gasteiger charge is 2.30. The van der Waals surface area contributed by atoms with E-state index < -0.39 is 17.8 Å². The van der Waals surface area contributed by atoms with E-state index >= 15 is 0 Å². The Morgan fingerprint density at radius 2 is 1.15 bits per heavy atom. The van der Waals surface area contributed by atoms with Crippen LogP contribution in [0.1, 0.15) is 109 Å². The maximum atomic E-state index is 12.9. The number of alkyl halides is 3. The van der Waals surface area contributed by atoms with Crippen molar-refractivity contribution < 1.29 is 37.0 Å². The molecule has 0 spiro atoms. The van der Waals surface area contributed by atoms with Gasteiger partial charge in [0.1, 0.15) is 29.0 Å². The minimum absolute atomic E-state index is 0.0343. The lowest BCUT2D eigenvalue weighted by molar-refractivity contribution is -0.137. The van der Waals surface area contributed by atoms with Crippen LogP contribution in [-0.4, -0.2) is 81.9 Å². The number of nitrogens with one attached hydrogen (secondary N) is 9. The fourth-order valence-electron chi connectivity index (χ4n) is 7.32. The minimum atomic E-state index is -4.49. The Labute approximate surface area is 473 Å². The molecule has 3 heterocycles. The zero-order valence-electron chi connectivity index (χ0n) is 49.0. The monoisotopic (exact) mass is 1120 g/mol. The Bertz CT molecular complexity index is 3160. The molecule has 0 fully saturated rings. The molecular weight excluding hydrogens is 1040 g/mol. The van der Waals surface area contributed by atoms with E-state index in [0.29, 0.717) is 52.8 Å². The Hall–Kier alpha value is -8.66. The molecule has 1 atom stereocenters. The number of allylic oxidation sites excluding steroid dienone is 1. The molecule has 434 valence electrons. The van der Waals surface area contributed by atoms with Gasteiger partial charge in [0.05, 0.1) is 32.0 Å². The third-order valence-corrected chi connectivity index (χ3v) is 11.1. The molecule has 22 heteroatoms. The van der Waals surface area contributed by atoms with Gasteiger partial charge in [-0.1, -0.05) is 18.2 Å². The first-order valence-corrected chi connectivity index (χ1v) is 26.1. The normalized spacial score (nSPS) is 13.2. The molecule has 0 bridgehead atoms. The van der Waals surface area contributed by atoms with Crippen molar-refractivity contribution in [3.63, 3.8) is 0 Å². The van der Waals surface area contributed by atoms with Gasteiger partial charge < -0.3 is 56.7 Å². The number of nitrogens with zero attached hydrogens (tertiary/aromatic N) is 5. The maximum absolute atomic E-state index is 12.9. The number of aliphatic imine (C=N–C) groups is 1. The van der Waals surface area contributed by atoms with E-state index in [-0.39, 0.29) is 34.6 Å². The van der Waals surface area contributed by atoms with Crippen molar-refractivity contribution in [1.29, 1.82) is 0 Å². The minimum Gasteiger partial charge on any atom is -0.497 e. The second-order valence-electron chi connectivity index (χ2n) is 21.9. The summed E-state index contributed by atoms with van der Waals surface area (Å²) < 4.78 is 54.3. The second kappa shape index (κ2) is 27.5. The number of hydrogen-bond donors (Lipinski definition) is 9. The number of aromatic nitrogens is 4. The van der Waals surface area contributed by atoms with Crippen molar-refractivity contribution in [2.75, 3.05) is 58.0 Å². The number of rotatable bonds is 15. The molecular formula is C59H77F3N14O5. The van der Waals surface area contributed by atoms with Gasteiger partial charge in [-0.3, -0.25) is 10.3 Å². The molecule has 6 aromatic rings. The number of ether oxygens (including phenoxy) is 3. The number of aryl methyl sites for hydroxylation is 2. The van der Waals surface area contributed by atoms with Gasteiger partial charge >= 0.3 is 18.2 Å². The van der Waals surface area contributed by atoms with Gasteiger partial charge in [-0.2, -0.15) is 23.1 Å². The van der Waals surface area contributed by atoms with Crippen LogP contribution >= 0.6 is 0 Å². The number of methoxy groups -OCH3 is 2. The topological polar surface area (TPSA) is 234 Å². The van der Waals surface area contributed by atoms with Crippen LogP contribution in [0.15, 0.2) is 114 Å². The molecule has 4 aromatic carbocycles. The van der Waals surface area contributed by atoms with Crippen molar-refractivity contribution in [1.82, 2.24) is 30.6 Å². The average Bonchev–Trinajstić information content (AvgIpc) is 3.40. The van der Waals surface area contributed by atoms with Gasteiger partial charge in [0.25, 0.3) is 0 Å². The molecule has 9 N–H and O–H groups in total. The summed E-state index contributed by atoms with van der Waals surface area (Å²) in [6.07, 6.45) is 0.636. The van der Waals surface area contributed by atoms with Crippen LogP contribution < -0.4 is 57.3 Å². The Kier molecular flexibility index (Phi) is 21.4. The summed E-state index contributed by atoms with van der Waals surface area (Å²) >= 11 is 0. The lowest BCUT2D eigenvalue weighted by Crippen LogP contribution is -2.51. The number of hydrogen-bond acceptors (Lipinski definition) is 17. The van der Waals surface area contributed by atoms with Crippen molar-refractivity contribution in [3.8, 4) is 11.5 Å². The number of benzene rings is 4. The third kappa shape index (κ3) is 20.8. The smallest absolute Gasteiger partial charge is 0.416 e. The van der Waals surface area contributed by atoms with E-state index in [1.54, 1.807) is 63.9 Å². The molecule has 0 saturated carbocycles. The number of carbonyl (C=O) groups excluding carboxylic acids is 2. The van der Waals surface area contributed by atoms with Gasteiger partial charge in [-0.05, 0) is 151 Å². The third-order valence-electron chi connectivity index (χ3n) is 11.1. The van der Waals surface area contributed by atoms with E-state index in [1.807, 2.05) is 85.0 Å². The molecule has 0 radical (unpaired) electrons. The molecule has 7 rings (SSSR count). The van der Waals surface area contributed by atoms with Crippen LogP contribution in [0.3, 0.4) is 0 Å². The first-order chi connectivity index (χ1) is 37.9. The van der Waals surface area contributed by atoms with Crippen LogP contribution in [0.5, 0.6) is 11.5 Å². The van der Waals surface area contributed by atoms with E-state index in [2.05, 4.69) is 114 Å². The van der Waals surface area contributed by atoms with Gasteiger partial charge in [-0.25, -0.2) is 19.6 Å². The molecule has 2 amide bonds. The van der Waals surface area contributed by atoms with Gasteiger partial charge in [0, 0.05) is 98.6 Å². The van der Waals surface area contributed by atoms with E-state index in [9.17, 15) is 22.8 Å². The SMILES string of the molecule is CCOC(=O)c1cccc(NC2=C(C)C=NC(NC(C)(C)C)N2)c1C.COc1cc(Nc2nc(NC(C)(C)C)ncc2C)cc(OC)c1.Cc1cnc(NC(C)(C)C)nc1Nc1cccc(NC(=O)Nc2cccc(C(F)(F)F)c2)c1. The molecule has 2 aromatic heterocycles. The molecule has 1 aliphatic heterocycles. The quantitative estimate of drug-likeness (QED) is 0.0435. The van der Waals surface area contributed by atoms with Gasteiger partial charge in [0.2, 0.25) is 11.9 Å². The number of esters is 1. The number of anilines is 9. The van der Waals surface area contributed by atoms with Crippen molar-refractivity contribution in [3.05, 3.63) is 137 Å². The predicted molar refractivity (Wildman–Crippen MR) is 319 cm³/mol. The molecule has 0 saturated heterocycles. The molecule has 19 nitrogen and oxygen atoms in total. The van der Waals surface area contributed by atoms with Gasteiger partial charge in [-0.15, -0.1) is 0 Å². The summed E-state index contributed by atoms with van der Waals surface area (Å²) in [7, 11) is 3.25. The van der Waals surface area contributed by atoms with E-state index in [4.69, 9.17) is 14.2 Å². The van der Waals surface area contributed by atoms with Gasteiger partial charge in [0.15, 0.2) is 6.29 Å². The zero-order valence-corrected chi connectivity index (χ0v) is 49.0. The fourth-order valence-corrected chi connectivity index (χ4v) is 7.32. The van der Waals surface area contributed by atoms with E-state index in [1.165, 1.54) is 12.1 Å². The van der Waals surface area contributed by atoms with Crippen LogP contribution in [0.4, 0.5) is 69.9 Å². The number of halogens is 3. The summed E-state index contributed by atoms with van der Waals surface area (Å²) in [6, 6.07) is 21.8. The lowest BCUT2D eigenvalue weighted by Gasteiger charge is -2.31. The molecule has 1 aliphatic rings. The Morgan fingerprint density at radius 3 is 1.67 bits per heavy atom. The predicted octanol–water partition coefficient (Wildman–Crippen LogP) is 13.3. The lowest BCUT2D eigenvalue weighted by atomic mass is 10.1. The number of carbonyl (C=O) groups is 2. The van der Waals surface area contributed by atoms with Crippen LogP contribution in [0.25, 0.3) is 0 Å². The fraction of sp³-hybridized carbons (Fsp3) is 0.373. The van der Waals surface area contributed by atoms with Crippen LogP contribution in [-0.2, 0) is 10.9 Å². The zero-order chi connectivity index (χ0) is 59.9. The number of amides is 2. The summed E-state index contributed by atoms with van der Waals surface area (Å²) in [5.41, 5.74) is 5.82. The average molecular weight is 1120 g/mol. The molecule has 1 unspecified atom stereocenters. The van der Waals surface area contributed by atoms with E-state index in [0.717, 1.165) is 57.4 Å². The number of urea groups is 1. The highest BCUT2D eigenvalue weighted by atomic mass is 19.4. The summed E-state index contributed by atoms with van der Waals surface area (Å²) in [5.74, 6) is 4.38. The largest absolute Gasteiger partial charge is 0.497 e. The summed E-state index contributed by atoms with van der Waals surface area (Å²) in [5, 5.41) is 28.1. The maximum Gasteiger partial charge on any atom is 0.416 e. The van der Waals surface area contributed by atoms with Crippen molar-refractivity contribution in [2.24, 2.45) is 4.99 Å². The molecule has 81 heavy (non-hydrogen) atoms. The second-order valence-corrected chi connectivity index (χ2v) is 21.9. The highest BCUT2D eigenvalue weighted by molar-refractivity contribution is 6.00. The molecule has 0 aliphatic carbocycles. The summed E-state index contributed by atoms with van der Waals surface area (Å²) in [4.78, 5) is 46.5. The Morgan fingerprint density at radius 1 is 0.630 bits per heavy atom. The van der Waals surface area contributed by atoms with Crippen molar-refractivity contribution in [2.45, 2.75) is 126 Å². The summed E-state index contributed by atoms with van der Waals surface area (Å²) in [6.45, 7) is 28.4. The first-order valence-electron chi connectivity index (χ1n) is 26.1. The van der Waals surface area contributed by atoms with Crippen LogP contribution in [0.2, 0.25) is 0 Å². The van der Waals surface area contributed by atoms with Crippen LogP contribution in [0, 0.1) is 20.8 Å².